The zero-order chi connectivity index (χ0) is 13.8. The SMILES string of the molecule is CC(Nc1ccc(C(=O)N(C)C)nn1)c1ncn[nH]1. The number of nitrogens with zero attached hydrogens (tertiary/aromatic N) is 5. The van der Waals surface area contributed by atoms with Gasteiger partial charge in [-0.1, -0.05) is 0 Å². The van der Waals surface area contributed by atoms with Crippen molar-refractivity contribution in [2.75, 3.05) is 19.4 Å². The molecule has 0 aliphatic heterocycles. The van der Waals surface area contributed by atoms with Crippen LogP contribution in [-0.2, 0) is 0 Å². The molecule has 2 heterocycles. The summed E-state index contributed by atoms with van der Waals surface area (Å²) in [5.74, 6) is 1.09. The van der Waals surface area contributed by atoms with Gasteiger partial charge in [-0.3, -0.25) is 9.89 Å². The van der Waals surface area contributed by atoms with Crippen molar-refractivity contribution in [3.63, 3.8) is 0 Å². The van der Waals surface area contributed by atoms with Gasteiger partial charge in [0.25, 0.3) is 5.91 Å². The molecule has 2 rings (SSSR count). The molecule has 19 heavy (non-hydrogen) atoms. The predicted molar refractivity (Wildman–Crippen MR) is 68.5 cm³/mol. The van der Waals surface area contributed by atoms with Crippen molar-refractivity contribution >= 4 is 11.7 Å². The van der Waals surface area contributed by atoms with E-state index in [-0.39, 0.29) is 11.9 Å². The van der Waals surface area contributed by atoms with Gasteiger partial charge in [-0.15, -0.1) is 10.2 Å². The Labute approximate surface area is 110 Å². The Bertz CT molecular complexity index is 535. The molecule has 0 aromatic carbocycles. The summed E-state index contributed by atoms with van der Waals surface area (Å²) in [4.78, 5) is 17.1. The Hall–Kier alpha value is -2.51. The molecule has 2 aromatic rings. The summed E-state index contributed by atoms with van der Waals surface area (Å²) >= 11 is 0. The molecule has 1 atom stereocenters. The van der Waals surface area contributed by atoms with Crippen molar-refractivity contribution in [3.8, 4) is 0 Å². The fraction of sp³-hybridized carbons (Fsp3) is 0.364. The van der Waals surface area contributed by atoms with Crippen LogP contribution in [0.3, 0.4) is 0 Å². The second-order valence-electron chi connectivity index (χ2n) is 4.24. The molecular weight excluding hydrogens is 246 g/mol. The third-order valence-electron chi connectivity index (χ3n) is 2.50. The smallest absolute Gasteiger partial charge is 0.273 e. The molecule has 0 spiro atoms. The maximum atomic E-state index is 11.6. The Balaban J connectivity index is 2.05. The fourth-order valence-corrected chi connectivity index (χ4v) is 1.47. The lowest BCUT2D eigenvalue weighted by atomic mass is 10.3. The number of amides is 1. The van der Waals surface area contributed by atoms with E-state index < -0.39 is 0 Å². The first-order valence-electron chi connectivity index (χ1n) is 5.75. The first-order chi connectivity index (χ1) is 9.08. The zero-order valence-corrected chi connectivity index (χ0v) is 11.0. The maximum absolute atomic E-state index is 11.6. The minimum atomic E-state index is -0.178. The van der Waals surface area contributed by atoms with Crippen LogP contribution in [-0.4, -0.2) is 50.3 Å². The second kappa shape index (κ2) is 5.42. The number of hydrogen-bond donors (Lipinski definition) is 2. The Morgan fingerprint density at radius 2 is 2.16 bits per heavy atom. The minimum absolute atomic E-state index is 0.0767. The van der Waals surface area contributed by atoms with Gasteiger partial charge in [0.1, 0.15) is 18.0 Å². The molecule has 0 saturated carbocycles. The number of nitrogens with one attached hydrogen (secondary N) is 2. The van der Waals surface area contributed by atoms with E-state index in [0.717, 1.165) is 0 Å². The topological polar surface area (TPSA) is 99.7 Å². The quantitative estimate of drug-likeness (QED) is 0.829. The number of H-pyrrole nitrogens is 1. The van der Waals surface area contributed by atoms with E-state index in [2.05, 4.69) is 30.7 Å². The van der Waals surface area contributed by atoms with Gasteiger partial charge in [-0.25, -0.2) is 4.98 Å². The first kappa shape index (κ1) is 12.9. The van der Waals surface area contributed by atoms with Crippen LogP contribution in [0.1, 0.15) is 29.3 Å². The van der Waals surface area contributed by atoms with Gasteiger partial charge in [0.05, 0.1) is 6.04 Å². The molecule has 0 aliphatic rings. The van der Waals surface area contributed by atoms with E-state index in [0.29, 0.717) is 17.3 Å². The molecule has 100 valence electrons. The van der Waals surface area contributed by atoms with Crippen molar-refractivity contribution in [2.24, 2.45) is 0 Å². The Morgan fingerprint density at radius 1 is 1.37 bits per heavy atom. The number of hydrogen-bond acceptors (Lipinski definition) is 6. The molecule has 8 heteroatoms. The first-order valence-corrected chi connectivity index (χ1v) is 5.75. The van der Waals surface area contributed by atoms with E-state index in [1.165, 1.54) is 11.2 Å². The standard InChI is InChI=1S/C11H15N7O/c1-7(10-12-6-13-17-10)14-9-5-4-8(15-16-9)11(19)18(2)3/h4-7H,1-3H3,(H,14,16)(H,12,13,17). The molecule has 8 nitrogen and oxygen atoms in total. The van der Waals surface area contributed by atoms with Crippen molar-refractivity contribution in [2.45, 2.75) is 13.0 Å². The molecule has 0 fully saturated rings. The monoisotopic (exact) mass is 261 g/mol. The lowest BCUT2D eigenvalue weighted by molar-refractivity contribution is 0.0821. The van der Waals surface area contributed by atoms with Gasteiger partial charge in [0, 0.05) is 14.1 Å². The summed E-state index contributed by atoms with van der Waals surface area (Å²) in [5.41, 5.74) is 0.308. The highest BCUT2D eigenvalue weighted by molar-refractivity contribution is 5.91. The van der Waals surface area contributed by atoms with Crippen molar-refractivity contribution < 1.29 is 4.79 Å². The highest BCUT2D eigenvalue weighted by Crippen LogP contribution is 2.13. The van der Waals surface area contributed by atoms with Crippen molar-refractivity contribution in [1.82, 2.24) is 30.3 Å². The maximum Gasteiger partial charge on any atom is 0.273 e. The van der Waals surface area contributed by atoms with Gasteiger partial charge in [-0.05, 0) is 19.1 Å². The number of anilines is 1. The van der Waals surface area contributed by atoms with Crippen LogP contribution in [0.15, 0.2) is 18.5 Å². The second-order valence-corrected chi connectivity index (χ2v) is 4.24. The van der Waals surface area contributed by atoms with Gasteiger partial charge in [0.2, 0.25) is 0 Å². The summed E-state index contributed by atoms with van der Waals surface area (Å²) in [6, 6.07) is 3.26. The van der Waals surface area contributed by atoms with Gasteiger partial charge >= 0.3 is 0 Å². The van der Waals surface area contributed by atoms with Crippen LogP contribution < -0.4 is 5.32 Å². The van der Waals surface area contributed by atoms with Gasteiger partial charge in [-0.2, -0.15) is 5.10 Å². The van der Waals surface area contributed by atoms with Crippen molar-refractivity contribution in [3.05, 3.63) is 30.0 Å². The van der Waals surface area contributed by atoms with Gasteiger partial charge in [0.15, 0.2) is 5.69 Å². The Kier molecular flexibility index (Phi) is 3.69. The molecule has 0 aliphatic carbocycles. The third-order valence-corrected chi connectivity index (χ3v) is 2.50. The summed E-state index contributed by atoms with van der Waals surface area (Å²) in [6.45, 7) is 1.92. The van der Waals surface area contributed by atoms with E-state index in [1.54, 1.807) is 26.2 Å². The molecule has 2 aromatic heterocycles. The third kappa shape index (κ3) is 3.03. The molecule has 1 unspecified atom stereocenters. The Morgan fingerprint density at radius 3 is 2.68 bits per heavy atom. The predicted octanol–water partition coefficient (Wildman–Crippen LogP) is 0.470. The van der Waals surface area contributed by atoms with Crippen LogP contribution in [0.25, 0.3) is 0 Å². The zero-order valence-electron chi connectivity index (χ0n) is 11.0. The molecule has 1 amide bonds. The summed E-state index contributed by atoms with van der Waals surface area (Å²) in [5, 5.41) is 17.5. The van der Waals surface area contributed by atoms with Crippen LogP contribution in [0.5, 0.6) is 0 Å². The highest BCUT2D eigenvalue weighted by atomic mass is 16.2. The number of carbonyl (C=O) groups excluding carboxylic acids is 1. The number of aromatic amines is 1. The largest absolute Gasteiger partial charge is 0.359 e. The van der Waals surface area contributed by atoms with E-state index in [1.807, 2.05) is 6.92 Å². The molecular formula is C11H15N7O. The van der Waals surface area contributed by atoms with Crippen LogP contribution in [0.2, 0.25) is 0 Å². The lowest BCUT2D eigenvalue weighted by Crippen LogP contribution is -2.23. The normalized spacial score (nSPS) is 11.9. The molecule has 0 saturated heterocycles. The van der Waals surface area contributed by atoms with Crippen LogP contribution in [0.4, 0.5) is 5.82 Å². The average Bonchev–Trinajstić information content (AvgIpc) is 2.92. The van der Waals surface area contributed by atoms with E-state index in [9.17, 15) is 4.79 Å². The van der Waals surface area contributed by atoms with Crippen molar-refractivity contribution in [1.29, 1.82) is 0 Å². The summed E-state index contributed by atoms with van der Waals surface area (Å²) in [6.07, 6.45) is 1.44. The van der Waals surface area contributed by atoms with Crippen LogP contribution >= 0.6 is 0 Å². The number of rotatable bonds is 4. The fourth-order valence-electron chi connectivity index (χ4n) is 1.47. The van der Waals surface area contributed by atoms with Crippen LogP contribution in [0, 0.1) is 0 Å². The molecule has 0 bridgehead atoms. The number of aromatic nitrogens is 5. The molecule has 0 radical (unpaired) electrons. The number of carbonyl (C=O) groups is 1. The highest BCUT2D eigenvalue weighted by Gasteiger charge is 2.12. The summed E-state index contributed by atoms with van der Waals surface area (Å²) in [7, 11) is 3.34. The van der Waals surface area contributed by atoms with E-state index in [4.69, 9.17) is 0 Å². The molecule has 2 N–H and O–H groups in total. The lowest BCUT2D eigenvalue weighted by Gasteiger charge is -2.12. The van der Waals surface area contributed by atoms with E-state index >= 15 is 0 Å². The minimum Gasteiger partial charge on any atom is -0.359 e. The average molecular weight is 261 g/mol. The summed E-state index contributed by atoms with van der Waals surface area (Å²) < 4.78 is 0. The van der Waals surface area contributed by atoms with Gasteiger partial charge < -0.3 is 10.2 Å².